The van der Waals surface area contributed by atoms with Crippen molar-refractivity contribution in [3.05, 3.63) is 58.7 Å². The molecule has 9 heteroatoms. The van der Waals surface area contributed by atoms with E-state index >= 15 is 0 Å². The fourth-order valence-electron chi connectivity index (χ4n) is 2.22. The van der Waals surface area contributed by atoms with Gasteiger partial charge in [-0.05, 0) is 36.6 Å². The number of halogens is 1. The van der Waals surface area contributed by atoms with Gasteiger partial charge in [0, 0.05) is 23.1 Å². The second-order valence-corrected chi connectivity index (χ2v) is 8.00. The first-order valence-electron chi connectivity index (χ1n) is 7.60. The van der Waals surface area contributed by atoms with Crippen molar-refractivity contribution in [3.63, 3.8) is 0 Å². The van der Waals surface area contributed by atoms with E-state index in [1.165, 1.54) is 23.1 Å². The molecule has 0 bridgehead atoms. The summed E-state index contributed by atoms with van der Waals surface area (Å²) in [7, 11) is 0. The second kappa shape index (κ2) is 7.94. The smallest absolute Gasteiger partial charge is 0.251 e. The van der Waals surface area contributed by atoms with Crippen molar-refractivity contribution < 1.29 is 9.59 Å². The minimum absolute atomic E-state index is 0.236. The van der Waals surface area contributed by atoms with Crippen molar-refractivity contribution in [1.82, 2.24) is 9.55 Å². The summed E-state index contributed by atoms with van der Waals surface area (Å²) in [6.45, 7) is 1.77. The van der Waals surface area contributed by atoms with Crippen LogP contribution in [-0.2, 0) is 4.79 Å². The van der Waals surface area contributed by atoms with Gasteiger partial charge in [0.25, 0.3) is 5.91 Å². The lowest BCUT2D eigenvalue weighted by Crippen LogP contribution is -2.24. The fraction of sp³-hybridized carbons (Fsp3) is 0.118. The lowest BCUT2D eigenvalue weighted by Gasteiger charge is -2.13. The van der Waals surface area contributed by atoms with Gasteiger partial charge in [-0.15, -0.1) is 11.3 Å². The third-order valence-electron chi connectivity index (χ3n) is 3.51. The van der Waals surface area contributed by atoms with Gasteiger partial charge < -0.3 is 11.1 Å². The Morgan fingerprint density at radius 3 is 2.92 bits per heavy atom. The van der Waals surface area contributed by atoms with Crippen molar-refractivity contribution in [2.24, 2.45) is 5.73 Å². The van der Waals surface area contributed by atoms with Gasteiger partial charge in [-0.2, -0.15) is 0 Å². The van der Waals surface area contributed by atoms with Crippen LogP contribution in [0.4, 0.5) is 5.00 Å². The number of anilines is 1. The SMILES string of the molecule is C[C@@H](Sc1nccn1-c1cccc(Cl)c1)C(=O)Nc1sccc1C(N)=O. The first kappa shape index (κ1) is 18.5. The highest BCUT2D eigenvalue weighted by atomic mass is 35.5. The zero-order valence-corrected chi connectivity index (χ0v) is 16.1. The zero-order valence-electron chi connectivity index (χ0n) is 13.7. The van der Waals surface area contributed by atoms with Gasteiger partial charge in [-0.25, -0.2) is 4.98 Å². The van der Waals surface area contributed by atoms with Crippen LogP contribution in [0.15, 0.2) is 53.3 Å². The Labute approximate surface area is 163 Å². The van der Waals surface area contributed by atoms with Crippen LogP contribution in [0.25, 0.3) is 5.69 Å². The summed E-state index contributed by atoms with van der Waals surface area (Å²) in [6, 6.07) is 8.97. The molecule has 0 radical (unpaired) electrons. The van der Waals surface area contributed by atoms with Gasteiger partial charge >= 0.3 is 0 Å². The average molecular weight is 407 g/mol. The van der Waals surface area contributed by atoms with Gasteiger partial charge in [-0.3, -0.25) is 14.2 Å². The third-order valence-corrected chi connectivity index (χ3v) is 5.66. The van der Waals surface area contributed by atoms with E-state index in [0.29, 0.717) is 20.7 Å². The maximum absolute atomic E-state index is 12.5. The molecule has 2 heterocycles. The minimum Gasteiger partial charge on any atom is -0.366 e. The molecular formula is C17H15ClN4O2S2. The van der Waals surface area contributed by atoms with Gasteiger partial charge in [-0.1, -0.05) is 29.4 Å². The number of carbonyl (C=O) groups is 2. The Kier molecular flexibility index (Phi) is 5.65. The van der Waals surface area contributed by atoms with E-state index in [-0.39, 0.29) is 5.91 Å². The molecule has 3 rings (SSSR count). The van der Waals surface area contributed by atoms with Gasteiger partial charge in [0.05, 0.1) is 10.8 Å². The van der Waals surface area contributed by atoms with Crippen LogP contribution in [0.3, 0.4) is 0 Å². The van der Waals surface area contributed by atoms with E-state index in [4.69, 9.17) is 17.3 Å². The summed E-state index contributed by atoms with van der Waals surface area (Å²) < 4.78 is 1.86. The lowest BCUT2D eigenvalue weighted by atomic mass is 10.3. The molecule has 3 N–H and O–H groups in total. The molecule has 1 atom stereocenters. The molecule has 0 aliphatic carbocycles. The maximum atomic E-state index is 12.5. The molecule has 1 aromatic carbocycles. The summed E-state index contributed by atoms with van der Waals surface area (Å²) in [4.78, 5) is 28.2. The first-order chi connectivity index (χ1) is 12.5. The van der Waals surface area contributed by atoms with Crippen LogP contribution < -0.4 is 11.1 Å². The largest absolute Gasteiger partial charge is 0.366 e. The normalized spacial score (nSPS) is 11.9. The summed E-state index contributed by atoms with van der Waals surface area (Å²) in [5, 5.41) is 5.76. The molecule has 134 valence electrons. The number of carbonyl (C=O) groups excluding carboxylic acids is 2. The number of imidazole rings is 1. The molecule has 26 heavy (non-hydrogen) atoms. The highest BCUT2D eigenvalue weighted by Gasteiger charge is 2.20. The number of rotatable bonds is 6. The van der Waals surface area contributed by atoms with Crippen molar-refractivity contribution in [1.29, 1.82) is 0 Å². The van der Waals surface area contributed by atoms with Crippen LogP contribution in [0, 0.1) is 0 Å². The fourth-order valence-corrected chi connectivity index (χ4v) is 4.09. The maximum Gasteiger partial charge on any atom is 0.251 e. The molecule has 0 saturated carbocycles. The van der Waals surface area contributed by atoms with Crippen molar-refractivity contribution in [2.75, 3.05) is 5.32 Å². The number of hydrogen-bond acceptors (Lipinski definition) is 5. The van der Waals surface area contributed by atoms with Gasteiger partial charge in [0.1, 0.15) is 5.00 Å². The molecule has 0 aliphatic heterocycles. The van der Waals surface area contributed by atoms with E-state index in [0.717, 1.165) is 5.69 Å². The standard InChI is InChI=1S/C17H15ClN4O2S2/c1-10(15(24)21-16-13(14(19)23)5-8-25-16)26-17-20-6-7-22(17)12-4-2-3-11(18)9-12/h2-10H,1H3,(H2,19,23)(H,21,24)/t10-/m1/s1. The molecule has 0 fully saturated rings. The molecule has 0 spiro atoms. The quantitative estimate of drug-likeness (QED) is 0.609. The summed E-state index contributed by atoms with van der Waals surface area (Å²) in [5.41, 5.74) is 6.47. The van der Waals surface area contributed by atoms with E-state index in [1.807, 2.05) is 29.0 Å². The van der Waals surface area contributed by atoms with Crippen molar-refractivity contribution in [2.45, 2.75) is 17.3 Å². The van der Waals surface area contributed by atoms with Crippen LogP contribution in [-0.4, -0.2) is 26.6 Å². The number of nitrogens with zero attached hydrogens (tertiary/aromatic N) is 2. The number of aromatic nitrogens is 2. The number of nitrogens with one attached hydrogen (secondary N) is 1. The van der Waals surface area contributed by atoms with Crippen LogP contribution in [0.1, 0.15) is 17.3 Å². The number of benzene rings is 1. The number of thioether (sulfide) groups is 1. The van der Waals surface area contributed by atoms with E-state index in [2.05, 4.69) is 10.3 Å². The van der Waals surface area contributed by atoms with Gasteiger partial charge in [0.2, 0.25) is 5.91 Å². The van der Waals surface area contributed by atoms with Crippen molar-refractivity contribution >= 4 is 51.5 Å². The Morgan fingerprint density at radius 1 is 1.38 bits per heavy atom. The molecule has 0 aliphatic rings. The minimum atomic E-state index is -0.571. The summed E-state index contributed by atoms with van der Waals surface area (Å²) >= 11 is 8.61. The molecular weight excluding hydrogens is 392 g/mol. The first-order valence-corrected chi connectivity index (χ1v) is 9.73. The number of primary amides is 1. The second-order valence-electron chi connectivity index (χ2n) is 5.34. The Morgan fingerprint density at radius 2 is 2.19 bits per heavy atom. The number of nitrogens with two attached hydrogens (primary N) is 1. The topological polar surface area (TPSA) is 90.0 Å². The van der Waals surface area contributed by atoms with Crippen LogP contribution in [0.2, 0.25) is 5.02 Å². The third kappa shape index (κ3) is 4.09. The highest BCUT2D eigenvalue weighted by molar-refractivity contribution is 8.00. The number of amides is 2. The van der Waals surface area contributed by atoms with E-state index in [9.17, 15) is 9.59 Å². The lowest BCUT2D eigenvalue weighted by molar-refractivity contribution is -0.115. The highest BCUT2D eigenvalue weighted by Crippen LogP contribution is 2.28. The number of hydrogen-bond donors (Lipinski definition) is 2. The van der Waals surface area contributed by atoms with E-state index in [1.54, 1.807) is 30.6 Å². The van der Waals surface area contributed by atoms with Crippen LogP contribution >= 0.6 is 34.7 Å². The molecule has 0 unspecified atom stereocenters. The molecule has 3 aromatic rings. The monoisotopic (exact) mass is 406 g/mol. The van der Waals surface area contributed by atoms with Gasteiger partial charge in [0.15, 0.2) is 5.16 Å². The summed E-state index contributed by atoms with van der Waals surface area (Å²) in [5.74, 6) is -0.807. The number of thiophene rings is 1. The van der Waals surface area contributed by atoms with E-state index < -0.39 is 11.2 Å². The Balaban J connectivity index is 1.73. The predicted molar refractivity (Wildman–Crippen MR) is 105 cm³/mol. The summed E-state index contributed by atoms with van der Waals surface area (Å²) in [6.07, 6.45) is 3.47. The molecule has 6 nitrogen and oxygen atoms in total. The molecule has 0 saturated heterocycles. The predicted octanol–water partition coefficient (Wildman–Crippen LogP) is 3.81. The zero-order chi connectivity index (χ0) is 18.7. The van der Waals surface area contributed by atoms with Crippen molar-refractivity contribution in [3.8, 4) is 5.69 Å². The average Bonchev–Trinajstić information content (AvgIpc) is 3.24. The Bertz CT molecular complexity index is 954. The Hall–Kier alpha value is -2.29. The van der Waals surface area contributed by atoms with Crippen LogP contribution in [0.5, 0.6) is 0 Å². The molecule has 2 aromatic heterocycles. The molecule has 2 amide bonds.